The molecule has 16 heavy (non-hydrogen) atoms. The molecule has 1 aromatic heterocycles. The van der Waals surface area contributed by atoms with Crippen LogP contribution < -0.4 is 10.2 Å². The van der Waals surface area contributed by atoms with E-state index in [0.717, 1.165) is 12.8 Å². The van der Waals surface area contributed by atoms with E-state index in [1.165, 1.54) is 0 Å². The average Bonchev–Trinajstić information content (AvgIpc) is 2.96. The van der Waals surface area contributed by atoms with Crippen LogP contribution in [0.5, 0.6) is 0 Å². The van der Waals surface area contributed by atoms with Crippen molar-refractivity contribution >= 4 is 27.7 Å². The first-order chi connectivity index (χ1) is 7.59. The molecular formula is C9H11BrN4O2. The zero-order chi connectivity index (χ0) is 11.4. The number of fused-ring (bicyclic) bond motifs is 1. The van der Waals surface area contributed by atoms with Crippen molar-refractivity contribution < 1.29 is 9.90 Å². The molecule has 0 spiro atoms. The Morgan fingerprint density at radius 3 is 2.88 bits per heavy atom. The molecule has 86 valence electrons. The molecule has 0 bridgehead atoms. The van der Waals surface area contributed by atoms with Gasteiger partial charge in [-0.15, -0.1) is 0 Å². The van der Waals surface area contributed by atoms with E-state index in [2.05, 4.69) is 26.2 Å². The minimum Gasteiger partial charge on any atom is -0.356 e. The predicted molar refractivity (Wildman–Crippen MR) is 59.9 cm³/mol. The van der Waals surface area contributed by atoms with Gasteiger partial charge in [-0.1, -0.05) is 0 Å². The summed E-state index contributed by atoms with van der Waals surface area (Å²) in [5.74, 6) is 0.272. The number of hydrogen-bond donors (Lipinski definition) is 2. The molecule has 3 rings (SSSR count). The highest BCUT2D eigenvalue weighted by Gasteiger charge is 2.42. The standard InChI is InChI=1S/C9H11BrN4O2/c1-13-5-6(11-8(13)10)14(4-2-3-4)9(16)12-7(5)15/h4,9,16H,2-3H2,1H3,(H,12,15). The van der Waals surface area contributed by atoms with E-state index < -0.39 is 6.35 Å². The summed E-state index contributed by atoms with van der Waals surface area (Å²) in [6, 6.07) is 0.288. The van der Waals surface area contributed by atoms with Crippen LogP contribution >= 0.6 is 15.9 Å². The Kier molecular flexibility index (Phi) is 2.02. The van der Waals surface area contributed by atoms with Crippen LogP contribution in [0.2, 0.25) is 0 Å². The summed E-state index contributed by atoms with van der Waals surface area (Å²) in [4.78, 5) is 17.8. The molecule has 6 nitrogen and oxygen atoms in total. The van der Waals surface area contributed by atoms with Crippen molar-refractivity contribution in [3.05, 3.63) is 10.4 Å². The summed E-state index contributed by atoms with van der Waals surface area (Å²) < 4.78 is 2.26. The van der Waals surface area contributed by atoms with Crippen LogP contribution in [0.1, 0.15) is 23.3 Å². The minimum absolute atomic E-state index is 0.288. The van der Waals surface area contributed by atoms with Gasteiger partial charge in [-0.2, -0.15) is 0 Å². The van der Waals surface area contributed by atoms with Gasteiger partial charge in [0.15, 0.2) is 16.2 Å². The zero-order valence-electron chi connectivity index (χ0n) is 8.64. The highest BCUT2D eigenvalue weighted by atomic mass is 79.9. The Labute approximate surface area is 100 Å². The van der Waals surface area contributed by atoms with Crippen molar-refractivity contribution in [2.24, 2.45) is 7.05 Å². The number of halogens is 1. The smallest absolute Gasteiger partial charge is 0.275 e. The number of carbonyl (C=O) groups excluding carboxylic acids is 1. The maximum Gasteiger partial charge on any atom is 0.275 e. The molecule has 1 fully saturated rings. The molecule has 1 amide bonds. The Morgan fingerprint density at radius 1 is 1.56 bits per heavy atom. The quantitative estimate of drug-likeness (QED) is 0.772. The lowest BCUT2D eigenvalue weighted by Gasteiger charge is -2.32. The van der Waals surface area contributed by atoms with Crippen LogP contribution in [0.15, 0.2) is 4.73 Å². The van der Waals surface area contributed by atoms with Gasteiger partial charge in [0.1, 0.15) is 0 Å². The first-order valence-corrected chi connectivity index (χ1v) is 5.88. The summed E-state index contributed by atoms with van der Waals surface area (Å²) in [6.07, 6.45) is 1.09. The minimum atomic E-state index is -0.964. The van der Waals surface area contributed by atoms with Crippen molar-refractivity contribution in [2.45, 2.75) is 25.2 Å². The molecule has 2 heterocycles. The molecule has 7 heteroatoms. The largest absolute Gasteiger partial charge is 0.356 e. The third kappa shape index (κ3) is 1.28. The highest BCUT2D eigenvalue weighted by Crippen LogP contribution is 2.36. The topological polar surface area (TPSA) is 70.4 Å². The van der Waals surface area contributed by atoms with Crippen LogP contribution in [0, 0.1) is 0 Å². The average molecular weight is 287 g/mol. The van der Waals surface area contributed by atoms with Crippen LogP contribution in [-0.4, -0.2) is 33.0 Å². The molecule has 1 aliphatic heterocycles. The van der Waals surface area contributed by atoms with Gasteiger partial charge in [-0.05, 0) is 28.8 Å². The van der Waals surface area contributed by atoms with Crippen LogP contribution in [0.4, 0.5) is 5.82 Å². The molecule has 2 N–H and O–H groups in total. The molecular weight excluding hydrogens is 276 g/mol. The van der Waals surface area contributed by atoms with Gasteiger partial charge in [0.2, 0.25) is 6.35 Å². The fourth-order valence-electron chi connectivity index (χ4n) is 1.99. The summed E-state index contributed by atoms with van der Waals surface area (Å²) in [7, 11) is 1.76. The number of carbonyl (C=O) groups is 1. The lowest BCUT2D eigenvalue weighted by molar-refractivity contribution is 0.0729. The number of hydrogen-bond acceptors (Lipinski definition) is 4. The van der Waals surface area contributed by atoms with Crippen LogP contribution in [0.25, 0.3) is 0 Å². The van der Waals surface area contributed by atoms with E-state index >= 15 is 0 Å². The van der Waals surface area contributed by atoms with E-state index in [9.17, 15) is 9.90 Å². The Morgan fingerprint density at radius 2 is 2.25 bits per heavy atom. The molecule has 1 unspecified atom stereocenters. The van der Waals surface area contributed by atoms with Gasteiger partial charge in [-0.3, -0.25) is 4.79 Å². The number of imidazole rings is 1. The summed E-state index contributed by atoms with van der Waals surface area (Å²) in [5, 5.41) is 12.3. The summed E-state index contributed by atoms with van der Waals surface area (Å²) in [5.41, 5.74) is 0.490. The van der Waals surface area contributed by atoms with E-state index in [1.54, 1.807) is 16.5 Å². The van der Waals surface area contributed by atoms with Gasteiger partial charge in [0.05, 0.1) is 0 Å². The number of rotatable bonds is 1. The number of nitrogens with one attached hydrogen (secondary N) is 1. The van der Waals surface area contributed by atoms with Gasteiger partial charge in [0.25, 0.3) is 5.91 Å². The molecule has 0 aromatic carbocycles. The van der Waals surface area contributed by atoms with E-state index in [4.69, 9.17) is 0 Å². The second-order valence-corrected chi connectivity index (χ2v) is 4.81. The molecule has 1 aromatic rings. The van der Waals surface area contributed by atoms with E-state index in [1.807, 2.05) is 0 Å². The molecule has 0 saturated heterocycles. The normalized spacial score (nSPS) is 24.3. The summed E-state index contributed by atoms with van der Waals surface area (Å²) >= 11 is 3.28. The van der Waals surface area contributed by atoms with E-state index in [0.29, 0.717) is 16.2 Å². The van der Waals surface area contributed by atoms with Crippen molar-refractivity contribution in [3.8, 4) is 0 Å². The Balaban J connectivity index is 2.14. The Hall–Kier alpha value is -1.08. The van der Waals surface area contributed by atoms with Crippen molar-refractivity contribution in [2.75, 3.05) is 4.90 Å². The first-order valence-electron chi connectivity index (χ1n) is 5.09. The van der Waals surface area contributed by atoms with Crippen LogP contribution in [-0.2, 0) is 7.05 Å². The predicted octanol–water partition coefficient (Wildman–Crippen LogP) is 0.171. The fraction of sp³-hybridized carbons (Fsp3) is 0.556. The number of aliphatic hydroxyl groups excluding tert-OH is 1. The third-order valence-corrected chi connectivity index (χ3v) is 3.66. The third-order valence-electron chi connectivity index (χ3n) is 2.95. The monoisotopic (exact) mass is 286 g/mol. The lowest BCUT2D eigenvalue weighted by atomic mass is 10.3. The molecule has 1 saturated carbocycles. The van der Waals surface area contributed by atoms with Crippen molar-refractivity contribution in [1.82, 2.24) is 14.9 Å². The number of amides is 1. The van der Waals surface area contributed by atoms with Crippen molar-refractivity contribution in [3.63, 3.8) is 0 Å². The van der Waals surface area contributed by atoms with E-state index in [-0.39, 0.29) is 11.9 Å². The Bertz CT molecular complexity index is 468. The zero-order valence-corrected chi connectivity index (χ0v) is 10.2. The molecule has 2 aliphatic rings. The maximum atomic E-state index is 11.7. The summed E-state index contributed by atoms with van der Waals surface area (Å²) in [6.45, 7) is 0. The SMILES string of the molecule is Cn1c(Br)nc2c1C(=O)NC(O)N2C1CC1. The number of anilines is 1. The van der Waals surface area contributed by atoms with Gasteiger partial charge >= 0.3 is 0 Å². The molecule has 1 aliphatic carbocycles. The maximum absolute atomic E-state index is 11.7. The molecule has 0 radical (unpaired) electrons. The van der Waals surface area contributed by atoms with Gasteiger partial charge in [-0.25, -0.2) is 4.98 Å². The van der Waals surface area contributed by atoms with Gasteiger partial charge in [0, 0.05) is 13.1 Å². The van der Waals surface area contributed by atoms with Crippen molar-refractivity contribution in [1.29, 1.82) is 0 Å². The number of aliphatic hydroxyl groups is 1. The number of nitrogens with zero attached hydrogens (tertiary/aromatic N) is 3. The second-order valence-electron chi connectivity index (χ2n) is 4.10. The number of aromatic nitrogens is 2. The van der Waals surface area contributed by atoms with Crippen LogP contribution in [0.3, 0.4) is 0 Å². The molecule has 1 atom stereocenters. The fourth-order valence-corrected chi connectivity index (χ4v) is 2.33. The van der Waals surface area contributed by atoms with Gasteiger partial charge < -0.3 is 19.9 Å². The lowest BCUT2D eigenvalue weighted by Crippen LogP contribution is -2.54. The first kappa shape index (κ1) is 10.1. The highest BCUT2D eigenvalue weighted by molar-refractivity contribution is 9.10. The second kappa shape index (κ2) is 3.21.